The Hall–Kier alpha value is -3.89. The van der Waals surface area contributed by atoms with Crippen LogP contribution in [-0.4, -0.2) is 55.1 Å². The molecule has 2 aliphatic heterocycles. The number of hydrogen-bond acceptors (Lipinski definition) is 6. The van der Waals surface area contributed by atoms with Crippen LogP contribution in [0.3, 0.4) is 0 Å². The standard InChI is InChI=1S/C31H36N6O/c1-23-12-14-37(15-13-23)30-29(11-6-24(2)33-30)31(38)34-27-7-9-28(10-8-27)36-18-16-35(17-19-36)22-26-5-3-4-25(20-26)21-32/h3-11,20,23H,12-19,22H2,1-2H3,(H,34,38). The topological polar surface area (TPSA) is 75.5 Å². The molecule has 5 rings (SSSR count). The molecule has 196 valence electrons. The van der Waals surface area contributed by atoms with Crippen molar-refractivity contribution < 1.29 is 4.79 Å². The third kappa shape index (κ3) is 6.15. The number of aromatic nitrogens is 1. The van der Waals surface area contributed by atoms with Crippen molar-refractivity contribution in [3.8, 4) is 6.07 Å². The molecule has 0 bridgehead atoms. The Labute approximate surface area is 225 Å². The van der Waals surface area contributed by atoms with Gasteiger partial charge in [-0.15, -0.1) is 0 Å². The minimum absolute atomic E-state index is 0.118. The second kappa shape index (κ2) is 11.7. The number of carbonyl (C=O) groups is 1. The summed E-state index contributed by atoms with van der Waals surface area (Å²) in [5.41, 5.74) is 5.40. The van der Waals surface area contributed by atoms with E-state index >= 15 is 0 Å². The van der Waals surface area contributed by atoms with Gasteiger partial charge in [0.05, 0.1) is 17.2 Å². The third-order valence-corrected chi connectivity index (χ3v) is 7.67. The SMILES string of the molecule is Cc1ccc(C(=O)Nc2ccc(N3CCN(Cc4cccc(C#N)c4)CC3)cc2)c(N2CCC(C)CC2)n1. The number of piperidine rings is 1. The fraction of sp³-hybridized carbons (Fsp3) is 0.387. The number of rotatable bonds is 6. The molecule has 3 aromatic rings. The summed E-state index contributed by atoms with van der Waals surface area (Å²) in [7, 11) is 0. The van der Waals surface area contributed by atoms with Gasteiger partial charge >= 0.3 is 0 Å². The molecule has 3 heterocycles. The summed E-state index contributed by atoms with van der Waals surface area (Å²) in [5.74, 6) is 1.40. The Kier molecular flexibility index (Phi) is 7.90. The predicted molar refractivity (Wildman–Crippen MR) is 153 cm³/mol. The number of aryl methyl sites for hydroxylation is 1. The largest absolute Gasteiger partial charge is 0.369 e. The molecule has 2 saturated heterocycles. The van der Waals surface area contributed by atoms with Crippen LogP contribution in [0.2, 0.25) is 0 Å². The Morgan fingerprint density at radius 2 is 1.71 bits per heavy atom. The van der Waals surface area contributed by atoms with Crippen molar-refractivity contribution in [3.63, 3.8) is 0 Å². The highest BCUT2D eigenvalue weighted by atomic mass is 16.1. The van der Waals surface area contributed by atoms with Crippen LogP contribution in [0.25, 0.3) is 0 Å². The number of pyridine rings is 1. The number of nitrogens with one attached hydrogen (secondary N) is 1. The predicted octanol–water partition coefficient (Wildman–Crippen LogP) is 5.07. The second-order valence-electron chi connectivity index (χ2n) is 10.6. The van der Waals surface area contributed by atoms with Gasteiger partial charge < -0.3 is 15.1 Å². The van der Waals surface area contributed by atoms with Gasteiger partial charge in [-0.2, -0.15) is 5.26 Å². The van der Waals surface area contributed by atoms with Crippen molar-refractivity contribution in [2.75, 3.05) is 54.4 Å². The highest BCUT2D eigenvalue weighted by Gasteiger charge is 2.23. The summed E-state index contributed by atoms with van der Waals surface area (Å²) < 4.78 is 0. The molecule has 7 nitrogen and oxygen atoms in total. The fourth-order valence-corrected chi connectivity index (χ4v) is 5.30. The fourth-order valence-electron chi connectivity index (χ4n) is 5.30. The molecule has 0 aliphatic carbocycles. The normalized spacial score (nSPS) is 16.8. The van der Waals surface area contributed by atoms with E-state index < -0.39 is 0 Å². The average molecular weight is 509 g/mol. The van der Waals surface area contributed by atoms with Crippen LogP contribution in [0, 0.1) is 24.2 Å². The first-order valence-corrected chi connectivity index (χ1v) is 13.6. The number of benzene rings is 2. The number of hydrogen-bond donors (Lipinski definition) is 1. The summed E-state index contributed by atoms with van der Waals surface area (Å²) in [6.45, 7) is 10.8. The Bertz CT molecular complexity index is 1300. The van der Waals surface area contributed by atoms with Gasteiger partial charge in [-0.1, -0.05) is 19.1 Å². The van der Waals surface area contributed by atoms with Crippen LogP contribution in [-0.2, 0) is 6.54 Å². The molecule has 1 amide bonds. The van der Waals surface area contributed by atoms with Crippen LogP contribution in [0.5, 0.6) is 0 Å². The maximum absolute atomic E-state index is 13.3. The zero-order chi connectivity index (χ0) is 26.5. The molecule has 0 atom stereocenters. The maximum Gasteiger partial charge on any atom is 0.259 e. The zero-order valence-electron chi connectivity index (χ0n) is 22.4. The lowest BCUT2D eigenvalue weighted by molar-refractivity contribution is 0.102. The summed E-state index contributed by atoms with van der Waals surface area (Å²) in [4.78, 5) is 25.1. The molecule has 0 radical (unpaired) electrons. The molecule has 1 N–H and O–H groups in total. The molecule has 7 heteroatoms. The molecule has 0 unspecified atom stereocenters. The van der Waals surface area contributed by atoms with E-state index in [0.29, 0.717) is 11.1 Å². The van der Waals surface area contributed by atoms with Gasteiger partial charge in [0, 0.05) is 62.9 Å². The van der Waals surface area contributed by atoms with Crippen LogP contribution >= 0.6 is 0 Å². The van der Waals surface area contributed by atoms with Crippen molar-refractivity contribution in [1.82, 2.24) is 9.88 Å². The lowest BCUT2D eigenvalue weighted by Gasteiger charge is -2.36. The van der Waals surface area contributed by atoms with E-state index in [-0.39, 0.29) is 5.91 Å². The van der Waals surface area contributed by atoms with Gasteiger partial charge in [0.1, 0.15) is 5.82 Å². The first kappa shape index (κ1) is 25.7. The Morgan fingerprint density at radius 1 is 0.974 bits per heavy atom. The molecular formula is C31H36N6O. The van der Waals surface area contributed by atoms with Crippen LogP contribution in [0.4, 0.5) is 17.2 Å². The molecule has 0 spiro atoms. The number of carbonyl (C=O) groups excluding carboxylic acids is 1. The maximum atomic E-state index is 13.3. The second-order valence-corrected chi connectivity index (χ2v) is 10.6. The number of nitriles is 1. The summed E-state index contributed by atoms with van der Waals surface area (Å²) in [5, 5.41) is 12.2. The van der Waals surface area contributed by atoms with E-state index in [0.717, 1.165) is 87.5 Å². The van der Waals surface area contributed by atoms with E-state index in [2.05, 4.69) is 51.2 Å². The van der Waals surface area contributed by atoms with Gasteiger partial charge in [0.25, 0.3) is 5.91 Å². The van der Waals surface area contributed by atoms with Gasteiger partial charge in [0.15, 0.2) is 0 Å². The summed E-state index contributed by atoms with van der Waals surface area (Å²) in [6.07, 6.45) is 2.25. The van der Waals surface area contributed by atoms with Crippen molar-refractivity contribution in [2.24, 2.45) is 5.92 Å². The highest BCUT2D eigenvalue weighted by Crippen LogP contribution is 2.26. The van der Waals surface area contributed by atoms with Gasteiger partial charge in [0.2, 0.25) is 0 Å². The van der Waals surface area contributed by atoms with E-state index in [1.807, 2.05) is 49.4 Å². The van der Waals surface area contributed by atoms with Crippen molar-refractivity contribution in [3.05, 3.63) is 83.0 Å². The van der Waals surface area contributed by atoms with Gasteiger partial charge in [-0.3, -0.25) is 9.69 Å². The third-order valence-electron chi connectivity index (χ3n) is 7.67. The monoisotopic (exact) mass is 508 g/mol. The molecule has 0 saturated carbocycles. The lowest BCUT2D eigenvalue weighted by Crippen LogP contribution is -2.45. The summed E-state index contributed by atoms with van der Waals surface area (Å²) >= 11 is 0. The van der Waals surface area contributed by atoms with E-state index in [1.54, 1.807) is 0 Å². The highest BCUT2D eigenvalue weighted by molar-refractivity contribution is 6.07. The molecule has 1 aromatic heterocycles. The van der Waals surface area contributed by atoms with Crippen molar-refractivity contribution >= 4 is 23.1 Å². The molecule has 2 aromatic carbocycles. The smallest absolute Gasteiger partial charge is 0.259 e. The minimum Gasteiger partial charge on any atom is -0.369 e. The number of anilines is 3. The van der Waals surface area contributed by atoms with E-state index in [4.69, 9.17) is 10.2 Å². The van der Waals surface area contributed by atoms with Gasteiger partial charge in [-0.05, 0) is 79.8 Å². The number of piperazine rings is 1. The molecule has 38 heavy (non-hydrogen) atoms. The quantitative estimate of drug-likeness (QED) is 0.501. The first-order valence-electron chi connectivity index (χ1n) is 13.6. The van der Waals surface area contributed by atoms with Crippen LogP contribution < -0.4 is 15.1 Å². The minimum atomic E-state index is -0.118. The van der Waals surface area contributed by atoms with E-state index in [1.165, 1.54) is 5.56 Å². The molecular weight excluding hydrogens is 472 g/mol. The van der Waals surface area contributed by atoms with Crippen LogP contribution in [0.15, 0.2) is 60.7 Å². The van der Waals surface area contributed by atoms with Crippen LogP contribution in [0.1, 0.15) is 46.9 Å². The Morgan fingerprint density at radius 3 is 2.42 bits per heavy atom. The molecule has 2 fully saturated rings. The van der Waals surface area contributed by atoms with E-state index in [9.17, 15) is 4.79 Å². The van der Waals surface area contributed by atoms with Gasteiger partial charge in [-0.25, -0.2) is 4.98 Å². The average Bonchev–Trinajstić information content (AvgIpc) is 2.94. The first-order chi connectivity index (χ1) is 18.5. The lowest BCUT2D eigenvalue weighted by atomic mass is 9.99. The van der Waals surface area contributed by atoms with Crippen molar-refractivity contribution in [1.29, 1.82) is 5.26 Å². The Balaban J connectivity index is 1.18. The zero-order valence-corrected chi connectivity index (χ0v) is 22.4. The summed E-state index contributed by atoms with van der Waals surface area (Å²) in [6, 6.07) is 22.0. The number of amides is 1. The molecule has 2 aliphatic rings. The number of nitrogens with zero attached hydrogens (tertiary/aromatic N) is 5. The van der Waals surface area contributed by atoms with Crippen molar-refractivity contribution in [2.45, 2.75) is 33.2 Å².